The van der Waals surface area contributed by atoms with Gasteiger partial charge in [0, 0.05) is 32.4 Å². The SMILES string of the molecule is CS(=O)c1ccc(B2OC(C)(C)C(C)(C)O2)c(Cl)c1. The topological polar surface area (TPSA) is 35.5 Å². The number of benzene rings is 1. The normalized spacial score (nSPS) is 22.5. The summed E-state index contributed by atoms with van der Waals surface area (Å²) in [6.45, 7) is 7.99. The smallest absolute Gasteiger partial charge is 0.399 e. The third-order valence-electron chi connectivity index (χ3n) is 3.81. The third-order valence-corrected chi connectivity index (χ3v) is 5.06. The molecule has 1 heterocycles. The van der Waals surface area contributed by atoms with E-state index in [1.807, 2.05) is 33.8 Å². The predicted octanol–water partition coefficient (Wildman–Crippen LogP) is 2.38. The summed E-state index contributed by atoms with van der Waals surface area (Å²) in [6, 6.07) is 5.32. The zero-order valence-electron chi connectivity index (χ0n) is 11.8. The van der Waals surface area contributed by atoms with Crippen LogP contribution in [0.25, 0.3) is 0 Å². The zero-order chi connectivity index (χ0) is 14.4. The lowest BCUT2D eigenvalue weighted by molar-refractivity contribution is 0.00578. The summed E-state index contributed by atoms with van der Waals surface area (Å²) in [5, 5.41) is 0.520. The van der Waals surface area contributed by atoms with Crippen molar-refractivity contribution >= 4 is 35.0 Å². The van der Waals surface area contributed by atoms with Crippen molar-refractivity contribution in [3.05, 3.63) is 23.2 Å². The van der Waals surface area contributed by atoms with Crippen molar-refractivity contribution in [1.29, 1.82) is 0 Å². The van der Waals surface area contributed by atoms with E-state index < -0.39 is 29.1 Å². The molecule has 0 aromatic heterocycles. The lowest BCUT2D eigenvalue weighted by atomic mass is 9.79. The van der Waals surface area contributed by atoms with Crippen molar-refractivity contribution < 1.29 is 13.5 Å². The van der Waals surface area contributed by atoms with Crippen LogP contribution in [0.15, 0.2) is 23.1 Å². The van der Waals surface area contributed by atoms with E-state index in [0.29, 0.717) is 9.92 Å². The van der Waals surface area contributed by atoms with Crippen LogP contribution in [-0.2, 0) is 20.1 Å². The molecule has 0 amide bonds. The Labute approximate surface area is 122 Å². The Morgan fingerprint density at radius 3 is 2.11 bits per heavy atom. The first-order valence-electron chi connectivity index (χ1n) is 6.12. The Hall–Kier alpha value is -0.355. The lowest BCUT2D eigenvalue weighted by Gasteiger charge is -2.32. The van der Waals surface area contributed by atoms with E-state index in [4.69, 9.17) is 20.9 Å². The molecule has 0 bridgehead atoms. The van der Waals surface area contributed by atoms with Gasteiger partial charge in [0.25, 0.3) is 0 Å². The first kappa shape index (κ1) is 15.0. The molecule has 6 heteroatoms. The van der Waals surface area contributed by atoms with E-state index in [9.17, 15) is 4.21 Å². The van der Waals surface area contributed by atoms with Crippen LogP contribution in [0.5, 0.6) is 0 Å². The fourth-order valence-electron chi connectivity index (χ4n) is 1.85. The average molecular weight is 301 g/mol. The van der Waals surface area contributed by atoms with Crippen LogP contribution in [0, 0.1) is 0 Å². The minimum Gasteiger partial charge on any atom is -0.399 e. The van der Waals surface area contributed by atoms with Crippen LogP contribution in [0.2, 0.25) is 5.02 Å². The zero-order valence-corrected chi connectivity index (χ0v) is 13.4. The molecule has 3 nitrogen and oxygen atoms in total. The molecule has 0 radical (unpaired) electrons. The van der Waals surface area contributed by atoms with E-state index in [-0.39, 0.29) is 0 Å². The standard InChI is InChI=1S/C13H18BClO3S/c1-12(2)13(3,4)18-14(17-12)10-7-6-9(19(5)16)8-11(10)15/h6-8H,1-5H3. The Bertz CT molecular complexity index is 515. The van der Waals surface area contributed by atoms with Crippen LogP contribution in [0.3, 0.4) is 0 Å². The van der Waals surface area contributed by atoms with Gasteiger partial charge in [0.15, 0.2) is 0 Å². The average Bonchev–Trinajstić information content (AvgIpc) is 2.47. The Morgan fingerprint density at radius 2 is 1.68 bits per heavy atom. The molecule has 2 rings (SSSR count). The fraction of sp³-hybridized carbons (Fsp3) is 0.538. The van der Waals surface area contributed by atoms with Crippen molar-refractivity contribution in [1.82, 2.24) is 0 Å². The van der Waals surface area contributed by atoms with Gasteiger partial charge >= 0.3 is 7.12 Å². The molecule has 1 fully saturated rings. The van der Waals surface area contributed by atoms with Crippen LogP contribution in [0.1, 0.15) is 27.7 Å². The summed E-state index contributed by atoms with van der Waals surface area (Å²) in [6.07, 6.45) is 1.63. The first-order chi connectivity index (χ1) is 8.64. The van der Waals surface area contributed by atoms with Gasteiger partial charge in [0.1, 0.15) is 0 Å². The molecule has 1 unspecified atom stereocenters. The van der Waals surface area contributed by atoms with Gasteiger partial charge in [-0.25, -0.2) is 0 Å². The van der Waals surface area contributed by atoms with Gasteiger partial charge in [-0.15, -0.1) is 0 Å². The van der Waals surface area contributed by atoms with Crippen LogP contribution in [0.4, 0.5) is 0 Å². The van der Waals surface area contributed by atoms with Crippen molar-refractivity contribution in [3.63, 3.8) is 0 Å². The number of halogens is 1. The molecule has 1 aromatic carbocycles. The second-order valence-electron chi connectivity index (χ2n) is 5.73. The summed E-state index contributed by atoms with van der Waals surface area (Å²) in [5.74, 6) is 0. The van der Waals surface area contributed by atoms with E-state index >= 15 is 0 Å². The number of hydrogen-bond acceptors (Lipinski definition) is 3. The van der Waals surface area contributed by atoms with Crippen molar-refractivity contribution in [3.8, 4) is 0 Å². The highest BCUT2D eigenvalue weighted by atomic mass is 35.5. The molecule has 0 N–H and O–H groups in total. The van der Waals surface area contributed by atoms with E-state index in [1.165, 1.54) is 0 Å². The Balaban J connectivity index is 2.33. The van der Waals surface area contributed by atoms with Gasteiger partial charge in [-0.3, -0.25) is 4.21 Å². The quantitative estimate of drug-likeness (QED) is 0.787. The first-order valence-corrected chi connectivity index (χ1v) is 8.06. The van der Waals surface area contributed by atoms with Crippen molar-refractivity contribution in [2.45, 2.75) is 43.8 Å². The summed E-state index contributed by atoms with van der Waals surface area (Å²) < 4.78 is 23.3. The van der Waals surface area contributed by atoms with Crippen LogP contribution < -0.4 is 5.46 Å². The van der Waals surface area contributed by atoms with E-state index in [2.05, 4.69) is 0 Å². The number of rotatable bonds is 2. The second-order valence-corrected chi connectivity index (χ2v) is 7.51. The van der Waals surface area contributed by atoms with Gasteiger partial charge in [-0.05, 0) is 39.8 Å². The summed E-state index contributed by atoms with van der Waals surface area (Å²) in [5.41, 5.74) is -0.0185. The summed E-state index contributed by atoms with van der Waals surface area (Å²) in [7, 11) is -1.53. The molecule has 0 saturated carbocycles. The van der Waals surface area contributed by atoms with E-state index in [0.717, 1.165) is 5.46 Å². The molecule has 0 spiro atoms. The molecule has 1 aliphatic rings. The Morgan fingerprint density at radius 1 is 1.16 bits per heavy atom. The molecule has 104 valence electrons. The van der Waals surface area contributed by atoms with Crippen LogP contribution >= 0.6 is 11.6 Å². The maximum absolute atomic E-state index is 11.4. The van der Waals surface area contributed by atoms with Gasteiger partial charge in [0.2, 0.25) is 0 Å². The fourth-order valence-corrected chi connectivity index (χ4v) is 2.73. The minimum absolute atomic E-state index is 0.396. The van der Waals surface area contributed by atoms with Gasteiger partial charge in [-0.1, -0.05) is 17.7 Å². The van der Waals surface area contributed by atoms with Gasteiger partial charge in [0.05, 0.1) is 11.2 Å². The molecule has 1 aliphatic heterocycles. The van der Waals surface area contributed by atoms with Crippen LogP contribution in [-0.4, -0.2) is 28.8 Å². The molecule has 19 heavy (non-hydrogen) atoms. The lowest BCUT2D eigenvalue weighted by Crippen LogP contribution is -2.41. The molecule has 0 aliphatic carbocycles. The third kappa shape index (κ3) is 2.75. The highest BCUT2D eigenvalue weighted by Crippen LogP contribution is 2.37. The summed E-state index contributed by atoms with van der Waals surface area (Å²) >= 11 is 6.25. The molecular formula is C13H18BClO3S. The van der Waals surface area contributed by atoms with E-state index in [1.54, 1.807) is 18.4 Å². The largest absolute Gasteiger partial charge is 0.496 e. The molecule has 1 aromatic rings. The Kier molecular flexibility index (Phi) is 3.86. The van der Waals surface area contributed by atoms with Crippen molar-refractivity contribution in [2.24, 2.45) is 0 Å². The molecule has 1 saturated heterocycles. The molecular weight excluding hydrogens is 282 g/mol. The maximum Gasteiger partial charge on any atom is 0.496 e. The van der Waals surface area contributed by atoms with Gasteiger partial charge < -0.3 is 9.31 Å². The van der Waals surface area contributed by atoms with Crippen molar-refractivity contribution in [2.75, 3.05) is 6.26 Å². The highest BCUT2D eigenvalue weighted by Gasteiger charge is 2.52. The minimum atomic E-state index is -1.05. The molecule has 1 atom stereocenters. The number of hydrogen-bond donors (Lipinski definition) is 0. The van der Waals surface area contributed by atoms with Gasteiger partial charge in [-0.2, -0.15) is 0 Å². The monoisotopic (exact) mass is 300 g/mol. The predicted molar refractivity (Wildman–Crippen MR) is 79.5 cm³/mol. The highest BCUT2D eigenvalue weighted by molar-refractivity contribution is 7.84. The maximum atomic E-state index is 11.4. The second kappa shape index (κ2) is 4.88. The summed E-state index contributed by atoms with van der Waals surface area (Å²) in [4.78, 5) is 0.699.